The number of rotatable bonds is 2. The van der Waals surface area contributed by atoms with Gasteiger partial charge in [-0.3, -0.25) is 9.55 Å². The van der Waals surface area contributed by atoms with E-state index in [1.54, 1.807) is 0 Å². The number of hydrogen-bond acceptors (Lipinski definition) is 4. The van der Waals surface area contributed by atoms with Crippen molar-refractivity contribution in [3.8, 4) is 5.69 Å². The fourth-order valence-electron chi connectivity index (χ4n) is 3.58. The maximum absolute atomic E-state index is 6.18. The Hall–Kier alpha value is -2.70. The highest BCUT2D eigenvalue weighted by molar-refractivity contribution is 6.62. The van der Waals surface area contributed by atoms with Crippen LogP contribution in [-0.2, 0) is 9.31 Å². The van der Waals surface area contributed by atoms with Gasteiger partial charge in [0.25, 0.3) is 0 Å². The minimum absolute atomic E-state index is 0.355. The standard InChI is InChI=1S/C22H22BN3O2/c1-21(2)22(3,4)28-23(27-21)17-6-8-20-19(12-17)25-14-26(20)18-7-5-16-13-24-10-9-15(16)11-18/h5-14H,1-4H3. The molecule has 0 aliphatic carbocycles. The van der Waals surface area contributed by atoms with E-state index in [0.717, 1.165) is 33.0 Å². The van der Waals surface area contributed by atoms with Gasteiger partial charge in [0.05, 0.1) is 22.2 Å². The molecule has 140 valence electrons. The SMILES string of the molecule is CC1(C)OB(c2ccc3c(c2)ncn3-c2ccc3cnccc3c2)OC1(C)C. The summed E-state index contributed by atoms with van der Waals surface area (Å²) in [7, 11) is -0.382. The van der Waals surface area contributed by atoms with Gasteiger partial charge in [0.2, 0.25) is 0 Å². The lowest BCUT2D eigenvalue weighted by atomic mass is 9.79. The molecule has 0 unspecified atom stereocenters. The van der Waals surface area contributed by atoms with Crippen molar-refractivity contribution in [3.05, 3.63) is 61.2 Å². The second-order valence-electron chi connectivity index (χ2n) is 8.36. The topological polar surface area (TPSA) is 49.2 Å². The first-order valence-electron chi connectivity index (χ1n) is 9.51. The summed E-state index contributed by atoms with van der Waals surface area (Å²) in [6.07, 6.45) is 5.55. The normalized spacial score (nSPS) is 18.2. The number of fused-ring (bicyclic) bond motifs is 2. The summed E-state index contributed by atoms with van der Waals surface area (Å²) in [5.74, 6) is 0. The zero-order chi connectivity index (χ0) is 19.5. The van der Waals surface area contributed by atoms with Gasteiger partial charge in [-0.15, -0.1) is 0 Å². The fraction of sp³-hybridized carbons (Fsp3) is 0.273. The Bertz CT molecular complexity index is 1180. The molecule has 5 nitrogen and oxygen atoms in total. The molecule has 0 radical (unpaired) electrons. The van der Waals surface area contributed by atoms with Gasteiger partial charge in [0, 0.05) is 23.5 Å². The fourth-order valence-corrected chi connectivity index (χ4v) is 3.58. The molecular weight excluding hydrogens is 349 g/mol. The summed E-state index contributed by atoms with van der Waals surface area (Å²) in [4.78, 5) is 8.80. The van der Waals surface area contributed by atoms with E-state index in [4.69, 9.17) is 9.31 Å². The third-order valence-electron chi connectivity index (χ3n) is 6.00. The van der Waals surface area contributed by atoms with Crippen LogP contribution in [-0.4, -0.2) is 32.9 Å². The smallest absolute Gasteiger partial charge is 0.399 e. The molecule has 1 aliphatic heterocycles. The molecule has 1 fully saturated rings. The zero-order valence-corrected chi connectivity index (χ0v) is 16.5. The van der Waals surface area contributed by atoms with Crippen LogP contribution < -0.4 is 5.46 Å². The summed E-state index contributed by atoms with van der Waals surface area (Å²) in [6.45, 7) is 8.26. The predicted octanol–water partition coefficient (Wildman–Crippen LogP) is 3.87. The molecule has 6 heteroatoms. The maximum atomic E-state index is 6.18. The third-order valence-corrected chi connectivity index (χ3v) is 6.00. The number of nitrogens with zero attached hydrogens (tertiary/aromatic N) is 3. The molecular formula is C22H22BN3O2. The van der Waals surface area contributed by atoms with Crippen LogP contribution in [0.5, 0.6) is 0 Å². The highest BCUT2D eigenvalue weighted by Gasteiger charge is 2.51. The molecule has 0 saturated carbocycles. The van der Waals surface area contributed by atoms with Crippen LogP contribution in [0, 0.1) is 0 Å². The average Bonchev–Trinajstić information content (AvgIpc) is 3.18. The van der Waals surface area contributed by atoms with Crippen LogP contribution in [0.4, 0.5) is 0 Å². The van der Waals surface area contributed by atoms with Crippen molar-refractivity contribution in [1.29, 1.82) is 0 Å². The van der Waals surface area contributed by atoms with Crippen molar-refractivity contribution in [2.75, 3.05) is 0 Å². The first-order chi connectivity index (χ1) is 13.3. The van der Waals surface area contributed by atoms with Crippen LogP contribution in [0.25, 0.3) is 27.5 Å². The van der Waals surface area contributed by atoms with Gasteiger partial charge in [-0.25, -0.2) is 4.98 Å². The average molecular weight is 371 g/mol. The van der Waals surface area contributed by atoms with Crippen molar-refractivity contribution in [1.82, 2.24) is 14.5 Å². The van der Waals surface area contributed by atoms with Gasteiger partial charge >= 0.3 is 7.12 Å². The Balaban J connectivity index is 1.53. The maximum Gasteiger partial charge on any atom is 0.494 e. The van der Waals surface area contributed by atoms with E-state index in [9.17, 15) is 0 Å². The van der Waals surface area contributed by atoms with E-state index in [0.29, 0.717) is 0 Å². The molecule has 2 aromatic heterocycles. The lowest BCUT2D eigenvalue weighted by molar-refractivity contribution is 0.00578. The van der Waals surface area contributed by atoms with Crippen molar-refractivity contribution >= 4 is 34.4 Å². The Labute approximate surface area is 164 Å². The number of aromatic nitrogens is 3. The molecule has 1 aliphatic rings. The number of hydrogen-bond donors (Lipinski definition) is 0. The zero-order valence-electron chi connectivity index (χ0n) is 16.5. The molecule has 0 amide bonds. The van der Waals surface area contributed by atoms with E-state index in [2.05, 4.69) is 78.6 Å². The van der Waals surface area contributed by atoms with Crippen molar-refractivity contribution in [2.45, 2.75) is 38.9 Å². The van der Waals surface area contributed by atoms with Gasteiger partial charge in [0.1, 0.15) is 6.33 Å². The lowest BCUT2D eigenvalue weighted by Gasteiger charge is -2.32. The minimum Gasteiger partial charge on any atom is -0.399 e. The quantitative estimate of drug-likeness (QED) is 0.502. The summed E-state index contributed by atoms with van der Waals surface area (Å²) in [5.41, 5.74) is 3.32. The second-order valence-corrected chi connectivity index (χ2v) is 8.36. The van der Waals surface area contributed by atoms with E-state index < -0.39 is 0 Å². The van der Waals surface area contributed by atoms with E-state index in [1.807, 2.05) is 24.8 Å². The molecule has 1 saturated heterocycles. The second kappa shape index (κ2) is 5.90. The van der Waals surface area contributed by atoms with Gasteiger partial charge in [-0.05, 0) is 68.9 Å². The predicted molar refractivity (Wildman–Crippen MR) is 112 cm³/mol. The van der Waals surface area contributed by atoms with E-state index in [1.165, 1.54) is 0 Å². The van der Waals surface area contributed by atoms with E-state index >= 15 is 0 Å². The molecule has 0 atom stereocenters. The van der Waals surface area contributed by atoms with Crippen molar-refractivity contribution in [2.24, 2.45) is 0 Å². The van der Waals surface area contributed by atoms with Crippen LogP contribution >= 0.6 is 0 Å². The summed E-state index contributed by atoms with van der Waals surface area (Å²) in [5, 5.41) is 2.28. The third kappa shape index (κ3) is 2.64. The summed E-state index contributed by atoms with van der Waals surface area (Å²) >= 11 is 0. The molecule has 5 rings (SSSR count). The van der Waals surface area contributed by atoms with E-state index in [-0.39, 0.29) is 18.3 Å². The highest BCUT2D eigenvalue weighted by Crippen LogP contribution is 2.36. The number of benzene rings is 2. The van der Waals surface area contributed by atoms with Gasteiger partial charge < -0.3 is 9.31 Å². The number of pyridine rings is 1. The Kier molecular flexibility index (Phi) is 3.67. The van der Waals surface area contributed by atoms with Crippen LogP contribution in [0.1, 0.15) is 27.7 Å². The number of imidazole rings is 1. The molecule has 3 heterocycles. The lowest BCUT2D eigenvalue weighted by Crippen LogP contribution is -2.41. The van der Waals surface area contributed by atoms with Crippen LogP contribution in [0.2, 0.25) is 0 Å². The molecule has 2 aromatic carbocycles. The van der Waals surface area contributed by atoms with Crippen molar-refractivity contribution < 1.29 is 9.31 Å². The van der Waals surface area contributed by atoms with Gasteiger partial charge in [-0.1, -0.05) is 12.1 Å². The van der Waals surface area contributed by atoms with Crippen molar-refractivity contribution in [3.63, 3.8) is 0 Å². The van der Waals surface area contributed by atoms with Crippen LogP contribution in [0.15, 0.2) is 61.2 Å². The first kappa shape index (κ1) is 17.4. The summed E-state index contributed by atoms with van der Waals surface area (Å²) < 4.78 is 14.5. The van der Waals surface area contributed by atoms with Crippen LogP contribution in [0.3, 0.4) is 0 Å². The Morgan fingerprint density at radius 1 is 0.893 bits per heavy atom. The first-order valence-corrected chi connectivity index (χ1v) is 9.51. The minimum atomic E-state index is -0.382. The highest BCUT2D eigenvalue weighted by atomic mass is 16.7. The molecule has 4 aromatic rings. The van der Waals surface area contributed by atoms with Gasteiger partial charge in [0.15, 0.2) is 0 Å². The molecule has 28 heavy (non-hydrogen) atoms. The summed E-state index contributed by atoms with van der Waals surface area (Å²) in [6, 6.07) is 14.6. The Morgan fingerprint density at radius 3 is 2.46 bits per heavy atom. The largest absolute Gasteiger partial charge is 0.494 e. The molecule has 0 N–H and O–H groups in total. The molecule has 0 bridgehead atoms. The van der Waals surface area contributed by atoms with Gasteiger partial charge in [-0.2, -0.15) is 0 Å². The molecule has 0 spiro atoms. The monoisotopic (exact) mass is 371 g/mol. The Morgan fingerprint density at radius 2 is 1.68 bits per heavy atom.